The smallest absolute Gasteiger partial charge is 0.338 e. The van der Waals surface area contributed by atoms with Crippen LogP contribution >= 0.6 is 0 Å². The van der Waals surface area contributed by atoms with E-state index < -0.39 is 35.8 Å². The number of carbonyl (C=O) groups is 4. The lowest BCUT2D eigenvalue weighted by Crippen LogP contribution is -2.44. The van der Waals surface area contributed by atoms with Crippen molar-refractivity contribution in [3.63, 3.8) is 0 Å². The molecule has 0 radical (unpaired) electrons. The summed E-state index contributed by atoms with van der Waals surface area (Å²) in [5.74, 6) is -2.00. The SMILES string of the molecule is CCC(C)(C)NC(=O)COC(=O)c1ccc2c(c1)C(=O)N(Cc1ccccc1)C2=O. The highest BCUT2D eigenvalue weighted by molar-refractivity contribution is 6.21. The van der Waals surface area contributed by atoms with Gasteiger partial charge in [-0.15, -0.1) is 0 Å². The fourth-order valence-electron chi connectivity index (χ4n) is 3.04. The molecule has 1 aliphatic heterocycles. The molecule has 30 heavy (non-hydrogen) atoms. The van der Waals surface area contributed by atoms with E-state index in [4.69, 9.17) is 4.74 Å². The van der Waals surface area contributed by atoms with Gasteiger partial charge in [0.2, 0.25) is 0 Å². The Bertz CT molecular complexity index is 998. The number of ether oxygens (including phenoxy) is 1. The largest absolute Gasteiger partial charge is 0.452 e. The van der Waals surface area contributed by atoms with Crippen molar-refractivity contribution in [1.82, 2.24) is 10.2 Å². The predicted octanol–water partition coefficient (Wildman–Crippen LogP) is 2.94. The van der Waals surface area contributed by atoms with Gasteiger partial charge in [-0.3, -0.25) is 19.3 Å². The van der Waals surface area contributed by atoms with Crippen molar-refractivity contribution >= 4 is 23.7 Å². The molecule has 0 aliphatic carbocycles. The number of hydrogen-bond donors (Lipinski definition) is 1. The van der Waals surface area contributed by atoms with Gasteiger partial charge >= 0.3 is 5.97 Å². The summed E-state index contributed by atoms with van der Waals surface area (Å²) in [6.45, 7) is 5.41. The Hall–Kier alpha value is -3.48. The van der Waals surface area contributed by atoms with E-state index in [1.165, 1.54) is 18.2 Å². The molecule has 2 aromatic carbocycles. The van der Waals surface area contributed by atoms with Crippen LogP contribution in [0, 0.1) is 0 Å². The standard InChI is InChI=1S/C23H24N2O5/c1-4-23(2,3)24-19(26)14-30-22(29)16-10-11-17-18(12-16)21(28)25(20(17)27)13-15-8-6-5-7-9-15/h5-12H,4,13-14H2,1-3H3,(H,24,26). The summed E-state index contributed by atoms with van der Waals surface area (Å²) in [4.78, 5) is 50.8. The second kappa shape index (κ2) is 8.49. The number of nitrogens with one attached hydrogen (secondary N) is 1. The zero-order valence-corrected chi connectivity index (χ0v) is 17.2. The normalized spacial score (nSPS) is 13.2. The van der Waals surface area contributed by atoms with Crippen LogP contribution in [0.15, 0.2) is 48.5 Å². The number of hydrogen-bond acceptors (Lipinski definition) is 5. The third kappa shape index (κ3) is 4.56. The third-order valence-corrected chi connectivity index (χ3v) is 5.09. The molecule has 1 N–H and O–H groups in total. The summed E-state index contributed by atoms with van der Waals surface area (Å²) in [5, 5.41) is 2.77. The Morgan fingerprint density at radius 3 is 2.33 bits per heavy atom. The molecule has 0 fully saturated rings. The molecule has 0 unspecified atom stereocenters. The summed E-state index contributed by atoms with van der Waals surface area (Å²) < 4.78 is 5.06. The van der Waals surface area contributed by atoms with Crippen molar-refractivity contribution in [3.05, 3.63) is 70.8 Å². The van der Waals surface area contributed by atoms with Crippen molar-refractivity contribution in [2.45, 2.75) is 39.3 Å². The van der Waals surface area contributed by atoms with Gasteiger partial charge in [0.1, 0.15) is 0 Å². The number of rotatable bonds is 7. The molecule has 1 aliphatic rings. The van der Waals surface area contributed by atoms with Crippen LogP contribution < -0.4 is 5.32 Å². The molecular weight excluding hydrogens is 384 g/mol. The van der Waals surface area contributed by atoms with Gasteiger partial charge < -0.3 is 10.1 Å². The molecule has 3 rings (SSSR count). The van der Waals surface area contributed by atoms with Crippen LogP contribution in [-0.4, -0.2) is 40.7 Å². The monoisotopic (exact) mass is 408 g/mol. The fraction of sp³-hybridized carbons (Fsp3) is 0.304. The molecule has 156 valence electrons. The van der Waals surface area contributed by atoms with E-state index in [2.05, 4.69) is 5.32 Å². The first-order chi connectivity index (χ1) is 14.2. The minimum absolute atomic E-state index is 0.110. The molecule has 0 spiro atoms. The van der Waals surface area contributed by atoms with Crippen molar-refractivity contribution < 1.29 is 23.9 Å². The van der Waals surface area contributed by atoms with Crippen molar-refractivity contribution in [1.29, 1.82) is 0 Å². The number of amides is 3. The summed E-state index contributed by atoms with van der Waals surface area (Å²) in [7, 11) is 0. The van der Waals surface area contributed by atoms with Crippen LogP contribution in [0.4, 0.5) is 0 Å². The van der Waals surface area contributed by atoms with Crippen molar-refractivity contribution in [2.24, 2.45) is 0 Å². The molecule has 1 heterocycles. The van der Waals surface area contributed by atoms with E-state index >= 15 is 0 Å². The van der Waals surface area contributed by atoms with Crippen molar-refractivity contribution in [2.75, 3.05) is 6.61 Å². The molecule has 7 heteroatoms. The summed E-state index contributed by atoms with van der Waals surface area (Å²) in [6, 6.07) is 13.4. The van der Waals surface area contributed by atoms with E-state index in [1.807, 2.05) is 51.1 Å². The van der Waals surface area contributed by atoms with E-state index in [0.717, 1.165) is 16.9 Å². The molecule has 0 aromatic heterocycles. The summed E-state index contributed by atoms with van der Waals surface area (Å²) in [5.41, 5.74) is 0.940. The van der Waals surface area contributed by atoms with E-state index in [0.29, 0.717) is 0 Å². The quantitative estimate of drug-likeness (QED) is 0.562. The zero-order valence-electron chi connectivity index (χ0n) is 17.2. The minimum atomic E-state index is -0.732. The maximum atomic E-state index is 12.7. The Labute approximate surface area is 175 Å². The van der Waals surface area contributed by atoms with Gasteiger partial charge in [-0.25, -0.2) is 4.79 Å². The third-order valence-electron chi connectivity index (χ3n) is 5.09. The van der Waals surface area contributed by atoms with E-state index in [9.17, 15) is 19.2 Å². The van der Waals surface area contributed by atoms with Gasteiger partial charge in [0.15, 0.2) is 6.61 Å². The van der Waals surface area contributed by atoms with Gasteiger partial charge in [0, 0.05) is 5.54 Å². The lowest BCUT2D eigenvalue weighted by Gasteiger charge is -2.24. The minimum Gasteiger partial charge on any atom is -0.452 e. The molecule has 0 saturated heterocycles. The van der Waals surface area contributed by atoms with Crippen LogP contribution in [0.5, 0.6) is 0 Å². The molecule has 0 atom stereocenters. The Kier molecular flexibility index (Phi) is 6.01. The lowest BCUT2D eigenvalue weighted by atomic mass is 10.0. The average molecular weight is 408 g/mol. The summed E-state index contributed by atoms with van der Waals surface area (Å²) in [6.07, 6.45) is 0.729. The highest BCUT2D eigenvalue weighted by atomic mass is 16.5. The Morgan fingerprint density at radius 1 is 1.00 bits per heavy atom. The number of esters is 1. The number of nitrogens with zero attached hydrogens (tertiary/aromatic N) is 1. The number of benzene rings is 2. The molecule has 0 saturated carbocycles. The van der Waals surface area contributed by atoms with Crippen LogP contribution in [-0.2, 0) is 16.1 Å². The fourth-order valence-corrected chi connectivity index (χ4v) is 3.04. The maximum absolute atomic E-state index is 12.7. The van der Waals surface area contributed by atoms with Gasteiger partial charge in [0.25, 0.3) is 17.7 Å². The maximum Gasteiger partial charge on any atom is 0.338 e. The second-order valence-electron chi connectivity index (χ2n) is 7.80. The summed E-state index contributed by atoms with van der Waals surface area (Å²) >= 11 is 0. The number of carbonyl (C=O) groups excluding carboxylic acids is 4. The van der Waals surface area contributed by atoms with E-state index in [1.54, 1.807) is 0 Å². The predicted molar refractivity (Wildman–Crippen MR) is 110 cm³/mol. The second-order valence-corrected chi connectivity index (χ2v) is 7.80. The van der Waals surface area contributed by atoms with Crippen LogP contribution in [0.2, 0.25) is 0 Å². The molecule has 3 amide bonds. The van der Waals surface area contributed by atoms with Gasteiger partial charge in [0.05, 0.1) is 23.2 Å². The van der Waals surface area contributed by atoms with E-state index in [-0.39, 0.29) is 23.2 Å². The van der Waals surface area contributed by atoms with Crippen LogP contribution in [0.3, 0.4) is 0 Å². The lowest BCUT2D eigenvalue weighted by molar-refractivity contribution is -0.125. The highest BCUT2D eigenvalue weighted by Crippen LogP contribution is 2.26. The first-order valence-electron chi connectivity index (χ1n) is 9.74. The zero-order chi connectivity index (χ0) is 21.9. The molecular formula is C23H24N2O5. The average Bonchev–Trinajstić information content (AvgIpc) is 2.97. The topological polar surface area (TPSA) is 92.8 Å². The number of fused-ring (bicyclic) bond motifs is 1. The van der Waals surface area contributed by atoms with Crippen LogP contribution in [0.1, 0.15) is 63.8 Å². The van der Waals surface area contributed by atoms with Crippen molar-refractivity contribution in [3.8, 4) is 0 Å². The van der Waals surface area contributed by atoms with Crippen LogP contribution in [0.25, 0.3) is 0 Å². The number of imide groups is 1. The first-order valence-corrected chi connectivity index (χ1v) is 9.74. The van der Waals surface area contributed by atoms with Gasteiger partial charge in [-0.1, -0.05) is 37.3 Å². The van der Waals surface area contributed by atoms with Gasteiger partial charge in [-0.2, -0.15) is 0 Å². The van der Waals surface area contributed by atoms with Gasteiger partial charge in [-0.05, 0) is 44.0 Å². The molecule has 0 bridgehead atoms. The highest BCUT2D eigenvalue weighted by Gasteiger charge is 2.36. The molecule has 7 nitrogen and oxygen atoms in total. The molecule has 2 aromatic rings. The Balaban J connectivity index is 1.68. The Morgan fingerprint density at radius 2 is 1.67 bits per heavy atom. The first kappa shape index (κ1) is 21.2.